The molecule has 0 aromatic heterocycles. The molecule has 3 rings (SSSR count). The van der Waals surface area contributed by atoms with Crippen LogP contribution in [0.4, 0.5) is 0 Å². The van der Waals surface area contributed by atoms with Gasteiger partial charge < -0.3 is 9.47 Å². The van der Waals surface area contributed by atoms with Crippen molar-refractivity contribution in [3.8, 4) is 11.5 Å². The Labute approximate surface area is 130 Å². The van der Waals surface area contributed by atoms with Crippen LogP contribution in [-0.2, 0) is 0 Å². The fourth-order valence-corrected chi connectivity index (χ4v) is 2.78. The first-order valence-corrected chi connectivity index (χ1v) is 7.22. The maximum absolute atomic E-state index is 12.7. The Morgan fingerprint density at radius 2 is 1.95 bits per heavy atom. The number of para-hydroxylation sites is 1. The third-order valence-electron chi connectivity index (χ3n) is 3.80. The van der Waals surface area contributed by atoms with E-state index in [4.69, 9.17) is 9.47 Å². The number of ether oxygens (including phenoxy) is 2. The van der Waals surface area contributed by atoms with Crippen LogP contribution >= 0.6 is 0 Å². The largest absolute Gasteiger partial charge is 0.496 e. The highest BCUT2D eigenvalue weighted by Crippen LogP contribution is 2.33. The summed E-state index contributed by atoms with van der Waals surface area (Å²) >= 11 is 0. The van der Waals surface area contributed by atoms with Crippen LogP contribution in [0.25, 0.3) is 6.08 Å². The predicted octanol–water partition coefficient (Wildman–Crippen LogP) is 3.97. The maximum atomic E-state index is 12.7. The summed E-state index contributed by atoms with van der Waals surface area (Å²) in [5.41, 5.74) is 4.23. The van der Waals surface area contributed by atoms with E-state index in [9.17, 15) is 4.79 Å². The topological polar surface area (TPSA) is 35.5 Å². The first-order chi connectivity index (χ1) is 10.6. The van der Waals surface area contributed by atoms with Gasteiger partial charge in [0.2, 0.25) is 0 Å². The van der Waals surface area contributed by atoms with Crippen LogP contribution in [0.2, 0.25) is 0 Å². The van der Waals surface area contributed by atoms with Gasteiger partial charge in [0.25, 0.3) is 0 Å². The van der Waals surface area contributed by atoms with Gasteiger partial charge in [0.15, 0.2) is 5.78 Å². The molecule has 1 aliphatic heterocycles. The van der Waals surface area contributed by atoms with Crippen molar-refractivity contribution >= 4 is 11.9 Å². The van der Waals surface area contributed by atoms with Gasteiger partial charge in [0.05, 0.1) is 12.7 Å². The van der Waals surface area contributed by atoms with Crippen molar-refractivity contribution in [1.29, 1.82) is 0 Å². The van der Waals surface area contributed by atoms with Gasteiger partial charge in [-0.15, -0.1) is 0 Å². The molecule has 0 atom stereocenters. The molecule has 2 aromatic rings. The Balaban J connectivity index is 2.04. The van der Waals surface area contributed by atoms with Crippen LogP contribution in [0.3, 0.4) is 0 Å². The third kappa shape index (κ3) is 2.50. The van der Waals surface area contributed by atoms with Gasteiger partial charge in [0.1, 0.15) is 18.1 Å². The van der Waals surface area contributed by atoms with Crippen LogP contribution in [0.15, 0.2) is 42.0 Å². The second-order valence-electron chi connectivity index (χ2n) is 5.49. The lowest BCUT2D eigenvalue weighted by molar-refractivity contribution is 0.100. The summed E-state index contributed by atoms with van der Waals surface area (Å²) in [4.78, 5) is 12.7. The van der Waals surface area contributed by atoms with E-state index in [0.29, 0.717) is 16.9 Å². The molecular formula is C19H18O3. The summed E-state index contributed by atoms with van der Waals surface area (Å²) in [6.45, 7) is 4.24. The molecule has 0 N–H and O–H groups in total. The summed E-state index contributed by atoms with van der Waals surface area (Å²) in [5, 5.41) is 0. The molecule has 22 heavy (non-hydrogen) atoms. The van der Waals surface area contributed by atoms with E-state index in [1.54, 1.807) is 7.11 Å². The van der Waals surface area contributed by atoms with E-state index >= 15 is 0 Å². The average molecular weight is 294 g/mol. The van der Waals surface area contributed by atoms with E-state index in [2.05, 4.69) is 0 Å². The summed E-state index contributed by atoms with van der Waals surface area (Å²) in [6.07, 6.45) is 1.85. The number of carbonyl (C=O) groups is 1. The lowest BCUT2D eigenvalue weighted by Gasteiger charge is -2.21. The maximum Gasteiger partial charge on any atom is 0.196 e. The Kier molecular flexibility index (Phi) is 3.72. The molecule has 0 bridgehead atoms. The second-order valence-corrected chi connectivity index (χ2v) is 5.49. The van der Waals surface area contributed by atoms with Crippen LogP contribution in [0, 0.1) is 13.8 Å². The van der Waals surface area contributed by atoms with Crippen molar-refractivity contribution in [2.24, 2.45) is 0 Å². The van der Waals surface area contributed by atoms with Gasteiger partial charge in [-0.05, 0) is 43.2 Å². The van der Waals surface area contributed by atoms with Crippen LogP contribution in [0.5, 0.6) is 11.5 Å². The quantitative estimate of drug-likeness (QED) is 0.786. The molecule has 3 heteroatoms. The molecule has 2 aromatic carbocycles. The van der Waals surface area contributed by atoms with Crippen molar-refractivity contribution in [2.75, 3.05) is 13.7 Å². The minimum atomic E-state index is 0.0268. The number of aryl methyl sites for hydroxylation is 2. The van der Waals surface area contributed by atoms with Gasteiger partial charge in [-0.2, -0.15) is 0 Å². The second kappa shape index (κ2) is 5.68. The summed E-state index contributed by atoms with van der Waals surface area (Å²) in [7, 11) is 1.62. The van der Waals surface area contributed by atoms with Crippen molar-refractivity contribution in [2.45, 2.75) is 13.8 Å². The smallest absolute Gasteiger partial charge is 0.196 e. The molecule has 0 fully saturated rings. The number of rotatable bonds is 2. The minimum Gasteiger partial charge on any atom is -0.496 e. The zero-order valence-corrected chi connectivity index (χ0v) is 13.0. The molecule has 0 aliphatic carbocycles. The third-order valence-corrected chi connectivity index (χ3v) is 3.80. The fourth-order valence-electron chi connectivity index (χ4n) is 2.78. The lowest BCUT2D eigenvalue weighted by Crippen LogP contribution is -2.20. The van der Waals surface area contributed by atoms with Crippen LogP contribution < -0.4 is 9.47 Å². The number of hydrogen-bond donors (Lipinski definition) is 0. The number of hydrogen-bond acceptors (Lipinski definition) is 3. The number of Topliss-reactive ketones (excluding diaryl/α,β-unsaturated/α-hetero) is 1. The zero-order chi connectivity index (χ0) is 15.7. The number of ketones is 1. The first-order valence-electron chi connectivity index (χ1n) is 7.22. The number of benzene rings is 2. The summed E-state index contributed by atoms with van der Waals surface area (Å²) in [6, 6.07) is 11.5. The van der Waals surface area contributed by atoms with Crippen molar-refractivity contribution < 1.29 is 14.3 Å². The van der Waals surface area contributed by atoms with E-state index in [1.807, 2.05) is 56.3 Å². The monoisotopic (exact) mass is 294 g/mol. The van der Waals surface area contributed by atoms with Gasteiger partial charge in [0, 0.05) is 11.1 Å². The lowest BCUT2D eigenvalue weighted by atomic mass is 9.94. The minimum absolute atomic E-state index is 0.0268. The normalized spacial score (nSPS) is 15.4. The Bertz CT molecular complexity index is 772. The SMILES string of the molecule is COc1ccccc1C=C1COc2c(C)cc(C)cc2C1=O. The molecule has 0 spiro atoms. The number of methoxy groups -OCH3 is 1. The Hall–Kier alpha value is -2.55. The molecule has 0 radical (unpaired) electrons. The molecule has 1 aliphatic rings. The summed E-state index contributed by atoms with van der Waals surface area (Å²) in [5.74, 6) is 1.47. The molecule has 3 nitrogen and oxygen atoms in total. The van der Waals surface area contributed by atoms with Gasteiger partial charge in [-0.1, -0.05) is 24.3 Å². The van der Waals surface area contributed by atoms with Crippen molar-refractivity contribution in [3.05, 3.63) is 64.2 Å². The van der Waals surface area contributed by atoms with Crippen molar-refractivity contribution in [1.82, 2.24) is 0 Å². The predicted molar refractivity (Wildman–Crippen MR) is 86.7 cm³/mol. The molecular weight excluding hydrogens is 276 g/mol. The first kappa shape index (κ1) is 14.4. The highest BCUT2D eigenvalue weighted by molar-refractivity contribution is 6.14. The zero-order valence-electron chi connectivity index (χ0n) is 13.0. The van der Waals surface area contributed by atoms with E-state index in [-0.39, 0.29) is 12.4 Å². The fraction of sp³-hybridized carbons (Fsp3) is 0.211. The summed E-state index contributed by atoms with van der Waals surface area (Å²) < 4.78 is 11.1. The Morgan fingerprint density at radius 3 is 2.73 bits per heavy atom. The number of fused-ring (bicyclic) bond motifs is 1. The number of carbonyl (C=O) groups excluding carboxylic acids is 1. The highest BCUT2D eigenvalue weighted by atomic mass is 16.5. The van der Waals surface area contributed by atoms with Crippen LogP contribution in [-0.4, -0.2) is 19.5 Å². The van der Waals surface area contributed by atoms with Gasteiger partial charge >= 0.3 is 0 Å². The van der Waals surface area contributed by atoms with Gasteiger partial charge in [-0.25, -0.2) is 0 Å². The molecule has 0 unspecified atom stereocenters. The van der Waals surface area contributed by atoms with E-state index in [1.165, 1.54) is 0 Å². The van der Waals surface area contributed by atoms with Crippen molar-refractivity contribution in [3.63, 3.8) is 0 Å². The van der Waals surface area contributed by atoms with Gasteiger partial charge in [-0.3, -0.25) is 4.79 Å². The molecule has 1 heterocycles. The molecule has 0 saturated carbocycles. The Morgan fingerprint density at radius 1 is 1.18 bits per heavy atom. The average Bonchev–Trinajstić information content (AvgIpc) is 2.51. The molecule has 0 amide bonds. The highest BCUT2D eigenvalue weighted by Gasteiger charge is 2.25. The van der Waals surface area contributed by atoms with E-state index in [0.717, 1.165) is 22.4 Å². The standard InChI is InChI=1S/C19H18O3/c1-12-8-13(2)19-16(9-12)18(20)15(11-22-19)10-14-6-4-5-7-17(14)21-3/h4-10H,11H2,1-3H3. The molecule has 112 valence electrons. The van der Waals surface area contributed by atoms with E-state index < -0.39 is 0 Å². The van der Waals surface area contributed by atoms with Crippen LogP contribution in [0.1, 0.15) is 27.0 Å². The molecule has 0 saturated heterocycles.